The van der Waals surface area contributed by atoms with Crippen molar-refractivity contribution < 1.29 is 13.2 Å². The molecule has 0 saturated heterocycles. The number of benzene rings is 2. The summed E-state index contributed by atoms with van der Waals surface area (Å²) in [6.07, 6.45) is 0. The van der Waals surface area contributed by atoms with Crippen molar-refractivity contribution in [2.24, 2.45) is 5.73 Å². The van der Waals surface area contributed by atoms with Gasteiger partial charge in [0.1, 0.15) is 0 Å². The lowest BCUT2D eigenvalue weighted by molar-refractivity contribution is 0.444. The summed E-state index contributed by atoms with van der Waals surface area (Å²) < 4.78 is 40.2. The minimum absolute atomic E-state index is 0.0742. The van der Waals surface area contributed by atoms with E-state index in [9.17, 15) is 13.2 Å². The van der Waals surface area contributed by atoms with Gasteiger partial charge in [0, 0.05) is 16.7 Å². The molecule has 112 valence electrons. The molecule has 2 aromatic carbocycles. The van der Waals surface area contributed by atoms with Crippen molar-refractivity contribution in [2.75, 3.05) is 11.9 Å². The van der Waals surface area contributed by atoms with Gasteiger partial charge in [0.05, 0.1) is 11.1 Å². The molecular formula is C14H11BrClF3N2. The Bertz CT molecular complexity index is 644. The van der Waals surface area contributed by atoms with Crippen LogP contribution in [-0.2, 0) is 0 Å². The Morgan fingerprint density at radius 3 is 2.29 bits per heavy atom. The highest BCUT2D eigenvalue weighted by Gasteiger charge is 2.16. The molecule has 7 heteroatoms. The van der Waals surface area contributed by atoms with Gasteiger partial charge in [-0.2, -0.15) is 0 Å². The van der Waals surface area contributed by atoms with Gasteiger partial charge in [-0.3, -0.25) is 0 Å². The maximum atomic E-state index is 13.3. The SMILES string of the molecule is NCC(Nc1ccc(Cl)c(Br)c1)c1cc(F)c(F)c(F)c1. The van der Waals surface area contributed by atoms with Crippen LogP contribution in [0, 0.1) is 17.5 Å². The molecular weight excluding hydrogens is 369 g/mol. The van der Waals surface area contributed by atoms with Gasteiger partial charge in [-0.25, -0.2) is 13.2 Å². The lowest BCUT2D eigenvalue weighted by atomic mass is 10.1. The fraction of sp³-hybridized carbons (Fsp3) is 0.143. The van der Waals surface area contributed by atoms with E-state index < -0.39 is 23.5 Å². The summed E-state index contributed by atoms with van der Waals surface area (Å²) in [6.45, 7) is 0.0742. The topological polar surface area (TPSA) is 38.0 Å². The number of hydrogen-bond acceptors (Lipinski definition) is 2. The third-order valence-corrected chi connectivity index (χ3v) is 4.12. The zero-order chi connectivity index (χ0) is 15.6. The molecule has 0 fully saturated rings. The number of rotatable bonds is 4. The van der Waals surface area contributed by atoms with E-state index in [1.54, 1.807) is 18.2 Å². The average molecular weight is 380 g/mol. The van der Waals surface area contributed by atoms with E-state index in [0.717, 1.165) is 12.1 Å². The van der Waals surface area contributed by atoms with Crippen molar-refractivity contribution in [2.45, 2.75) is 6.04 Å². The number of nitrogens with one attached hydrogen (secondary N) is 1. The standard InChI is InChI=1S/C14H11BrClF3N2/c15-9-5-8(1-2-10(9)16)21-13(6-20)7-3-11(17)14(19)12(18)4-7/h1-5,13,21H,6,20H2. The molecule has 0 aliphatic carbocycles. The number of halogens is 5. The molecule has 21 heavy (non-hydrogen) atoms. The summed E-state index contributed by atoms with van der Waals surface area (Å²) in [6, 6.07) is 6.35. The van der Waals surface area contributed by atoms with Gasteiger partial charge >= 0.3 is 0 Å². The van der Waals surface area contributed by atoms with E-state index in [1.165, 1.54) is 0 Å². The highest BCUT2D eigenvalue weighted by atomic mass is 79.9. The monoisotopic (exact) mass is 378 g/mol. The Kier molecular flexibility index (Phi) is 5.13. The predicted molar refractivity (Wildman–Crippen MR) is 80.9 cm³/mol. The first-order valence-corrected chi connectivity index (χ1v) is 7.15. The van der Waals surface area contributed by atoms with Crippen LogP contribution in [0.4, 0.5) is 18.9 Å². The second-order valence-electron chi connectivity index (χ2n) is 4.36. The van der Waals surface area contributed by atoms with Gasteiger partial charge in [-0.15, -0.1) is 0 Å². The molecule has 0 saturated carbocycles. The normalized spacial score (nSPS) is 12.3. The van der Waals surface area contributed by atoms with Crippen LogP contribution >= 0.6 is 27.5 Å². The van der Waals surface area contributed by atoms with Crippen LogP contribution in [-0.4, -0.2) is 6.54 Å². The summed E-state index contributed by atoms with van der Waals surface area (Å²) in [4.78, 5) is 0. The van der Waals surface area contributed by atoms with Crippen molar-refractivity contribution in [3.63, 3.8) is 0 Å². The average Bonchev–Trinajstić information content (AvgIpc) is 2.45. The van der Waals surface area contributed by atoms with E-state index in [4.69, 9.17) is 17.3 Å². The van der Waals surface area contributed by atoms with E-state index in [1.807, 2.05) is 0 Å². The Hall–Kier alpha value is -1.24. The van der Waals surface area contributed by atoms with E-state index >= 15 is 0 Å². The second kappa shape index (κ2) is 6.68. The lowest BCUT2D eigenvalue weighted by Crippen LogP contribution is -2.21. The van der Waals surface area contributed by atoms with Gasteiger partial charge in [-0.1, -0.05) is 11.6 Å². The third-order valence-electron chi connectivity index (χ3n) is 2.90. The van der Waals surface area contributed by atoms with Crippen LogP contribution in [0.5, 0.6) is 0 Å². The summed E-state index contributed by atoms with van der Waals surface area (Å²) in [5, 5.41) is 3.55. The molecule has 0 bridgehead atoms. The van der Waals surface area contributed by atoms with Crippen molar-refractivity contribution in [3.8, 4) is 0 Å². The molecule has 0 spiro atoms. The Balaban J connectivity index is 2.29. The number of nitrogens with two attached hydrogens (primary N) is 1. The summed E-state index contributed by atoms with van der Waals surface area (Å²) in [7, 11) is 0. The Morgan fingerprint density at radius 1 is 1.14 bits per heavy atom. The van der Waals surface area contributed by atoms with Gasteiger partial charge in [-0.05, 0) is 51.8 Å². The van der Waals surface area contributed by atoms with E-state index in [0.29, 0.717) is 15.2 Å². The fourth-order valence-corrected chi connectivity index (χ4v) is 2.34. The van der Waals surface area contributed by atoms with Crippen molar-refractivity contribution >= 4 is 33.2 Å². The summed E-state index contributed by atoms with van der Waals surface area (Å²) in [5.74, 6) is -3.99. The van der Waals surface area contributed by atoms with Crippen LogP contribution in [0.2, 0.25) is 5.02 Å². The molecule has 0 aliphatic heterocycles. The fourth-order valence-electron chi connectivity index (χ4n) is 1.84. The van der Waals surface area contributed by atoms with Gasteiger partial charge in [0.25, 0.3) is 0 Å². The van der Waals surface area contributed by atoms with Gasteiger partial charge in [0.2, 0.25) is 0 Å². The molecule has 3 N–H and O–H groups in total. The number of hydrogen-bond donors (Lipinski definition) is 2. The molecule has 2 rings (SSSR count). The molecule has 0 heterocycles. The predicted octanol–water partition coefficient (Wildman–Crippen LogP) is 4.63. The first-order chi connectivity index (χ1) is 9.92. The van der Waals surface area contributed by atoms with Gasteiger partial charge in [0.15, 0.2) is 17.5 Å². The van der Waals surface area contributed by atoms with Crippen LogP contribution < -0.4 is 11.1 Å². The zero-order valence-corrected chi connectivity index (χ0v) is 13.0. The minimum atomic E-state index is -1.50. The first-order valence-electron chi connectivity index (χ1n) is 5.98. The quantitative estimate of drug-likeness (QED) is 0.760. The Labute approximate surface area is 133 Å². The molecule has 0 aliphatic rings. The molecule has 1 atom stereocenters. The summed E-state index contributed by atoms with van der Waals surface area (Å²) in [5.41, 5.74) is 6.50. The van der Waals surface area contributed by atoms with Crippen molar-refractivity contribution in [1.29, 1.82) is 0 Å². The minimum Gasteiger partial charge on any atom is -0.377 e. The molecule has 0 aromatic heterocycles. The second-order valence-corrected chi connectivity index (χ2v) is 5.62. The molecule has 2 aromatic rings. The lowest BCUT2D eigenvalue weighted by Gasteiger charge is -2.19. The summed E-state index contributed by atoms with van der Waals surface area (Å²) >= 11 is 9.16. The largest absolute Gasteiger partial charge is 0.377 e. The highest BCUT2D eigenvalue weighted by molar-refractivity contribution is 9.10. The molecule has 1 unspecified atom stereocenters. The molecule has 2 nitrogen and oxygen atoms in total. The molecule has 0 amide bonds. The van der Waals surface area contributed by atoms with E-state index in [-0.39, 0.29) is 12.1 Å². The van der Waals surface area contributed by atoms with Gasteiger partial charge < -0.3 is 11.1 Å². The van der Waals surface area contributed by atoms with Crippen LogP contribution in [0.3, 0.4) is 0 Å². The van der Waals surface area contributed by atoms with Crippen molar-refractivity contribution in [1.82, 2.24) is 0 Å². The van der Waals surface area contributed by atoms with Crippen LogP contribution in [0.25, 0.3) is 0 Å². The number of anilines is 1. The maximum absolute atomic E-state index is 13.3. The smallest absolute Gasteiger partial charge is 0.194 e. The van der Waals surface area contributed by atoms with Crippen LogP contribution in [0.1, 0.15) is 11.6 Å². The first kappa shape index (κ1) is 16.1. The Morgan fingerprint density at radius 2 is 1.76 bits per heavy atom. The maximum Gasteiger partial charge on any atom is 0.194 e. The molecule has 0 radical (unpaired) electrons. The van der Waals surface area contributed by atoms with Crippen LogP contribution in [0.15, 0.2) is 34.8 Å². The van der Waals surface area contributed by atoms with Crippen molar-refractivity contribution in [3.05, 3.63) is 62.8 Å². The highest BCUT2D eigenvalue weighted by Crippen LogP contribution is 2.28. The third kappa shape index (κ3) is 3.70. The zero-order valence-electron chi connectivity index (χ0n) is 10.6. The van der Waals surface area contributed by atoms with E-state index in [2.05, 4.69) is 21.2 Å².